The van der Waals surface area contributed by atoms with Crippen molar-refractivity contribution < 1.29 is 4.42 Å². The Labute approximate surface area is 104 Å². The molecule has 1 unspecified atom stereocenters. The van der Waals surface area contributed by atoms with E-state index in [1.54, 1.807) is 6.26 Å². The van der Waals surface area contributed by atoms with E-state index in [1.165, 1.54) is 44.1 Å². The van der Waals surface area contributed by atoms with Crippen LogP contribution in [-0.2, 0) is 6.42 Å². The highest BCUT2D eigenvalue weighted by atomic mass is 16.3. The second kappa shape index (κ2) is 6.22. The van der Waals surface area contributed by atoms with Crippen LogP contribution in [0.3, 0.4) is 0 Å². The zero-order valence-electron chi connectivity index (χ0n) is 10.7. The Morgan fingerprint density at radius 2 is 2.06 bits per heavy atom. The van der Waals surface area contributed by atoms with Crippen molar-refractivity contribution >= 4 is 0 Å². The van der Waals surface area contributed by atoms with Gasteiger partial charge < -0.3 is 4.42 Å². The number of furan rings is 1. The first-order chi connectivity index (χ1) is 8.36. The van der Waals surface area contributed by atoms with E-state index in [9.17, 15) is 0 Å². The molecule has 1 aliphatic carbocycles. The number of rotatable bonds is 4. The second-order valence-electron chi connectivity index (χ2n) is 5.05. The van der Waals surface area contributed by atoms with Crippen LogP contribution in [0.15, 0.2) is 16.7 Å². The molecule has 0 radical (unpaired) electrons. The van der Waals surface area contributed by atoms with Gasteiger partial charge in [-0.2, -0.15) is 0 Å². The summed E-state index contributed by atoms with van der Waals surface area (Å²) in [6, 6.07) is 2.34. The molecule has 96 valence electrons. The van der Waals surface area contributed by atoms with E-state index in [4.69, 9.17) is 10.3 Å². The molecule has 0 saturated heterocycles. The molecular weight excluding hydrogens is 212 g/mol. The van der Waals surface area contributed by atoms with Crippen LogP contribution < -0.4 is 11.3 Å². The van der Waals surface area contributed by atoms with E-state index < -0.39 is 0 Å². The number of hydrogen-bond acceptors (Lipinski definition) is 3. The van der Waals surface area contributed by atoms with Gasteiger partial charge in [0.1, 0.15) is 5.76 Å². The van der Waals surface area contributed by atoms with Gasteiger partial charge in [-0.25, -0.2) is 0 Å². The minimum Gasteiger partial charge on any atom is -0.469 e. The van der Waals surface area contributed by atoms with Crippen molar-refractivity contribution in [1.29, 1.82) is 0 Å². The summed E-state index contributed by atoms with van der Waals surface area (Å²) >= 11 is 0. The fourth-order valence-electron chi connectivity index (χ4n) is 3.04. The summed E-state index contributed by atoms with van der Waals surface area (Å²) in [5.41, 5.74) is 4.28. The van der Waals surface area contributed by atoms with E-state index in [-0.39, 0.29) is 6.04 Å². The first-order valence-electron chi connectivity index (χ1n) is 6.89. The van der Waals surface area contributed by atoms with Gasteiger partial charge in [0.25, 0.3) is 0 Å². The van der Waals surface area contributed by atoms with Gasteiger partial charge in [-0.05, 0) is 24.8 Å². The smallest absolute Gasteiger partial charge is 0.108 e. The van der Waals surface area contributed by atoms with Crippen molar-refractivity contribution in [2.45, 2.75) is 57.9 Å². The van der Waals surface area contributed by atoms with Crippen LogP contribution in [0.1, 0.15) is 62.8 Å². The minimum absolute atomic E-state index is 0.266. The molecular formula is C14H24N2O. The summed E-state index contributed by atoms with van der Waals surface area (Å²) in [6.45, 7) is 2.13. The molecule has 0 spiro atoms. The summed E-state index contributed by atoms with van der Waals surface area (Å²) in [5, 5.41) is 0. The van der Waals surface area contributed by atoms with E-state index in [2.05, 4.69) is 18.4 Å². The zero-order chi connectivity index (χ0) is 12.1. The molecule has 0 aromatic carbocycles. The van der Waals surface area contributed by atoms with Crippen molar-refractivity contribution in [2.75, 3.05) is 0 Å². The normalized spacial score (nSPS) is 20.1. The van der Waals surface area contributed by atoms with Crippen LogP contribution in [0.4, 0.5) is 0 Å². The summed E-state index contributed by atoms with van der Waals surface area (Å²) in [4.78, 5) is 0. The maximum atomic E-state index is 5.78. The van der Waals surface area contributed by atoms with Gasteiger partial charge in [-0.15, -0.1) is 0 Å². The van der Waals surface area contributed by atoms with Crippen molar-refractivity contribution in [1.82, 2.24) is 5.43 Å². The summed E-state index contributed by atoms with van der Waals surface area (Å²) in [6.07, 6.45) is 10.7. The van der Waals surface area contributed by atoms with Gasteiger partial charge in [0, 0.05) is 12.0 Å². The largest absolute Gasteiger partial charge is 0.469 e. The molecule has 1 aromatic rings. The second-order valence-corrected chi connectivity index (χ2v) is 5.05. The Balaban J connectivity index is 2.14. The lowest BCUT2D eigenvalue weighted by molar-refractivity contribution is 0.324. The van der Waals surface area contributed by atoms with Crippen LogP contribution in [0, 0.1) is 5.92 Å². The van der Waals surface area contributed by atoms with Crippen LogP contribution in [0.5, 0.6) is 0 Å². The Hall–Kier alpha value is -0.800. The highest BCUT2D eigenvalue weighted by Crippen LogP contribution is 2.34. The first-order valence-corrected chi connectivity index (χ1v) is 6.89. The maximum Gasteiger partial charge on any atom is 0.108 e. The Bertz CT molecular complexity index is 327. The Kier molecular flexibility index (Phi) is 4.63. The van der Waals surface area contributed by atoms with Crippen LogP contribution in [0.2, 0.25) is 0 Å². The van der Waals surface area contributed by atoms with E-state index >= 15 is 0 Å². The highest BCUT2D eigenvalue weighted by molar-refractivity contribution is 5.22. The fraction of sp³-hybridized carbons (Fsp3) is 0.714. The van der Waals surface area contributed by atoms with Crippen LogP contribution in [0.25, 0.3) is 0 Å². The predicted octanol–water partition coefficient (Wildman–Crippen LogP) is 3.32. The third kappa shape index (κ3) is 2.90. The van der Waals surface area contributed by atoms with Gasteiger partial charge in [-0.1, -0.05) is 32.6 Å². The van der Waals surface area contributed by atoms with Gasteiger partial charge in [0.05, 0.1) is 12.3 Å². The molecule has 0 amide bonds. The number of aryl methyl sites for hydroxylation is 1. The predicted molar refractivity (Wildman–Crippen MR) is 69.3 cm³/mol. The third-order valence-corrected chi connectivity index (χ3v) is 3.99. The number of nitrogens with one attached hydrogen (secondary N) is 1. The van der Waals surface area contributed by atoms with Crippen molar-refractivity contribution in [2.24, 2.45) is 11.8 Å². The molecule has 3 heteroatoms. The summed E-state index contributed by atoms with van der Waals surface area (Å²) in [5.74, 6) is 7.52. The van der Waals surface area contributed by atoms with Crippen LogP contribution >= 0.6 is 0 Å². The minimum atomic E-state index is 0.266. The number of hydrogen-bond donors (Lipinski definition) is 2. The van der Waals surface area contributed by atoms with E-state index in [0.717, 1.165) is 12.2 Å². The standard InChI is InChI=1S/C14H24N2O/c1-2-13-12(9-10-17-13)14(16-15)11-7-5-3-4-6-8-11/h9-11,14,16H,2-8,15H2,1H3. The molecule has 1 saturated carbocycles. The number of nitrogens with two attached hydrogens (primary N) is 1. The van der Waals surface area contributed by atoms with Crippen molar-refractivity contribution in [3.05, 3.63) is 23.7 Å². The van der Waals surface area contributed by atoms with Gasteiger partial charge >= 0.3 is 0 Å². The number of hydrazine groups is 1. The lowest BCUT2D eigenvalue weighted by Gasteiger charge is -2.25. The molecule has 1 fully saturated rings. The summed E-state index contributed by atoms with van der Waals surface area (Å²) < 4.78 is 5.52. The molecule has 0 bridgehead atoms. The molecule has 17 heavy (non-hydrogen) atoms. The average Bonchev–Trinajstić information content (AvgIpc) is 2.65. The van der Waals surface area contributed by atoms with E-state index in [1.807, 2.05) is 0 Å². The molecule has 1 heterocycles. The maximum absolute atomic E-state index is 5.78. The lowest BCUT2D eigenvalue weighted by Crippen LogP contribution is -2.33. The van der Waals surface area contributed by atoms with Gasteiger partial charge in [-0.3, -0.25) is 11.3 Å². The molecule has 2 rings (SSSR count). The fourth-order valence-corrected chi connectivity index (χ4v) is 3.04. The summed E-state index contributed by atoms with van der Waals surface area (Å²) in [7, 11) is 0. The molecule has 3 N–H and O–H groups in total. The molecule has 1 aromatic heterocycles. The first kappa shape index (κ1) is 12.7. The quantitative estimate of drug-likeness (QED) is 0.479. The highest BCUT2D eigenvalue weighted by Gasteiger charge is 2.25. The van der Waals surface area contributed by atoms with Crippen molar-refractivity contribution in [3.8, 4) is 0 Å². The van der Waals surface area contributed by atoms with Crippen LogP contribution in [-0.4, -0.2) is 0 Å². The SMILES string of the molecule is CCc1occc1C(NN)C1CCCCCC1. The Morgan fingerprint density at radius 3 is 2.65 bits per heavy atom. The van der Waals surface area contributed by atoms with Crippen molar-refractivity contribution in [3.63, 3.8) is 0 Å². The third-order valence-electron chi connectivity index (χ3n) is 3.99. The molecule has 1 aliphatic rings. The molecule has 3 nitrogen and oxygen atoms in total. The van der Waals surface area contributed by atoms with E-state index in [0.29, 0.717) is 5.92 Å². The monoisotopic (exact) mass is 236 g/mol. The average molecular weight is 236 g/mol. The van der Waals surface area contributed by atoms with Gasteiger partial charge in [0.2, 0.25) is 0 Å². The molecule has 1 atom stereocenters. The Morgan fingerprint density at radius 1 is 1.35 bits per heavy atom. The topological polar surface area (TPSA) is 51.2 Å². The zero-order valence-corrected chi connectivity index (χ0v) is 10.7. The van der Waals surface area contributed by atoms with Gasteiger partial charge in [0.15, 0.2) is 0 Å². The molecule has 0 aliphatic heterocycles. The lowest BCUT2D eigenvalue weighted by atomic mass is 9.87.